The van der Waals surface area contributed by atoms with Crippen molar-refractivity contribution in [2.75, 3.05) is 19.0 Å². The smallest absolute Gasteiger partial charge is 0.204 e. The monoisotopic (exact) mass is 266 g/mol. The van der Waals surface area contributed by atoms with E-state index in [4.69, 9.17) is 0 Å². The average molecular weight is 266 g/mol. The minimum atomic E-state index is 0.126. The topological polar surface area (TPSA) is 33.1 Å². The Morgan fingerprint density at radius 1 is 1.21 bits per heavy atom. The summed E-state index contributed by atoms with van der Waals surface area (Å²) in [5.74, 6) is 0.991. The molecule has 0 aromatic carbocycles. The Balaban J connectivity index is 2.67. The highest BCUT2D eigenvalue weighted by Crippen LogP contribution is 2.27. The lowest BCUT2D eigenvalue weighted by atomic mass is 9.82. The Hall–Kier alpha value is -1.03. The summed E-state index contributed by atoms with van der Waals surface area (Å²) in [6.07, 6.45) is 3.09. The molecule has 1 heterocycles. The highest BCUT2D eigenvalue weighted by Gasteiger charge is 2.25. The molecule has 0 radical (unpaired) electrons. The molecule has 1 N–H and O–H groups in total. The molecule has 4 heteroatoms. The SMILES string of the molecule is CN(C)c1ncc(CNC(C)(C)CC(C)(C)C)n1C. The van der Waals surface area contributed by atoms with Crippen LogP contribution in [0.15, 0.2) is 6.20 Å². The maximum absolute atomic E-state index is 4.44. The Morgan fingerprint density at radius 3 is 2.21 bits per heavy atom. The van der Waals surface area contributed by atoms with Crippen LogP contribution in [0.4, 0.5) is 5.95 Å². The lowest BCUT2D eigenvalue weighted by Crippen LogP contribution is -2.42. The molecule has 0 bridgehead atoms. The molecule has 0 spiro atoms. The van der Waals surface area contributed by atoms with Gasteiger partial charge >= 0.3 is 0 Å². The first kappa shape index (κ1) is 16.0. The summed E-state index contributed by atoms with van der Waals surface area (Å²) in [4.78, 5) is 6.47. The summed E-state index contributed by atoms with van der Waals surface area (Å²) < 4.78 is 2.14. The van der Waals surface area contributed by atoms with E-state index < -0.39 is 0 Å². The zero-order chi connectivity index (χ0) is 14.8. The highest BCUT2D eigenvalue weighted by atomic mass is 15.3. The van der Waals surface area contributed by atoms with E-state index in [1.165, 1.54) is 5.69 Å². The standard InChI is InChI=1S/C15H30N4/c1-14(2,3)11-15(4,5)17-10-12-9-16-13(18(6)7)19(12)8/h9,17H,10-11H2,1-8H3. The van der Waals surface area contributed by atoms with Crippen molar-refractivity contribution >= 4 is 5.95 Å². The summed E-state index contributed by atoms with van der Waals surface area (Å²) in [7, 11) is 6.10. The molecule has 19 heavy (non-hydrogen) atoms. The van der Waals surface area contributed by atoms with Crippen molar-refractivity contribution < 1.29 is 0 Å². The van der Waals surface area contributed by atoms with Gasteiger partial charge in [-0.05, 0) is 25.7 Å². The largest absolute Gasteiger partial charge is 0.348 e. The van der Waals surface area contributed by atoms with E-state index in [1.54, 1.807) is 0 Å². The van der Waals surface area contributed by atoms with E-state index in [-0.39, 0.29) is 5.54 Å². The van der Waals surface area contributed by atoms with Gasteiger partial charge in [-0.1, -0.05) is 20.8 Å². The number of imidazole rings is 1. The Kier molecular flexibility index (Phi) is 4.67. The van der Waals surface area contributed by atoms with E-state index in [9.17, 15) is 0 Å². The summed E-state index contributed by atoms with van der Waals surface area (Å²) in [6, 6.07) is 0. The second kappa shape index (κ2) is 5.53. The summed E-state index contributed by atoms with van der Waals surface area (Å²) >= 11 is 0. The van der Waals surface area contributed by atoms with Crippen molar-refractivity contribution in [2.24, 2.45) is 12.5 Å². The van der Waals surface area contributed by atoms with Crippen LogP contribution in [0, 0.1) is 5.41 Å². The first-order valence-corrected chi connectivity index (χ1v) is 6.95. The summed E-state index contributed by atoms with van der Waals surface area (Å²) in [5, 5.41) is 3.65. The lowest BCUT2D eigenvalue weighted by molar-refractivity contribution is 0.239. The van der Waals surface area contributed by atoms with Crippen molar-refractivity contribution in [2.45, 2.75) is 53.1 Å². The van der Waals surface area contributed by atoms with Crippen molar-refractivity contribution in [1.29, 1.82) is 0 Å². The van der Waals surface area contributed by atoms with Gasteiger partial charge in [0.05, 0.1) is 11.9 Å². The third-order valence-corrected chi connectivity index (χ3v) is 3.18. The van der Waals surface area contributed by atoms with E-state index in [0.29, 0.717) is 5.41 Å². The van der Waals surface area contributed by atoms with Gasteiger partial charge in [0.15, 0.2) is 0 Å². The van der Waals surface area contributed by atoms with E-state index in [0.717, 1.165) is 18.9 Å². The Bertz CT molecular complexity index is 410. The van der Waals surface area contributed by atoms with Crippen LogP contribution in [0.5, 0.6) is 0 Å². The average Bonchev–Trinajstić information content (AvgIpc) is 2.53. The van der Waals surface area contributed by atoms with Crippen LogP contribution in [-0.4, -0.2) is 29.2 Å². The number of hydrogen-bond donors (Lipinski definition) is 1. The predicted octanol–water partition coefficient (Wildman–Crippen LogP) is 2.79. The van der Waals surface area contributed by atoms with Crippen LogP contribution in [0.3, 0.4) is 0 Å². The van der Waals surface area contributed by atoms with Gasteiger partial charge in [0.25, 0.3) is 0 Å². The number of rotatable bonds is 5. The van der Waals surface area contributed by atoms with E-state index >= 15 is 0 Å². The highest BCUT2D eigenvalue weighted by molar-refractivity contribution is 5.30. The molecule has 0 atom stereocenters. The number of hydrogen-bond acceptors (Lipinski definition) is 3. The van der Waals surface area contributed by atoms with E-state index in [1.807, 2.05) is 25.2 Å². The molecule has 1 rings (SSSR count). The van der Waals surface area contributed by atoms with Crippen LogP contribution in [0.1, 0.15) is 46.7 Å². The molecule has 0 aliphatic heterocycles. The van der Waals surface area contributed by atoms with Crippen molar-refractivity contribution in [3.05, 3.63) is 11.9 Å². The van der Waals surface area contributed by atoms with Gasteiger partial charge in [-0.3, -0.25) is 0 Å². The number of aromatic nitrogens is 2. The molecule has 0 saturated heterocycles. The lowest BCUT2D eigenvalue weighted by Gasteiger charge is -2.33. The molecular formula is C15H30N4. The van der Waals surface area contributed by atoms with Crippen molar-refractivity contribution in [3.63, 3.8) is 0 Å². The van der Waals surface area contributed by atoms with Gasteiger partial charge in [0, 0.05) is 33.2 Å². The third-order valence-electron chi connectivity index (χ3n) is 3.18. The fraction of sp³-hybridized carbons (Fsp3) is 0.800. The second-order valence-corrected chi connectivity index (χ2v) is 7.48. The second-order valence-electron chi connectivity index (χ2n) is 7.48. The summed E-state index contributed by atoms with van der Waals surface area (Å²) in [5.41, 5.74) is 1.67. The van der Waals surface area contributed by atoms with Crippen LogP contribution >= 0.6 is 0 Å². The van der Waals surface area contributed by atoms with Gasteiger partial charge in [-0.2, -0.15) is 0 Å². The summed E-state index contributed by atoms with van der Waals surface area (Å²) in [6.45, 7) is 12.2. The van der Waals surface area contributed by atoms with Crippen LogP contribution in [0.2, 0.25) is 0 Å². The molecule has 1 aromatic rings. The normalized spacial score (nSPS) is 12.8. The Morgan fingerprint density at radius 2 is 1.79 bits per heavy atom. The quantitative estimate of drug-likeness (QED) is 0.889. The third kappa shape index (κ3) is 4.86. The number of nitrogens with one attached hydrogen (secondary N) is 1. The van der Waals surface area contributed by atoms with E-state index in [2.05, 4.69) is 56.5 Å². The maximum atomic E-state index is 4.44. The zero-order valence-electron chi connectivity index (χ0n) is 13.8. The number of anilines is 1. The maximum Gasteiger partial charge on any atom is 0.204 e. The van der Waals surface area contributed by atoms with Gasteiger partial charge in [0.1, 0.15) is 0 Å². The van der Waals surface area contributed by atoms with Gasteiger partial charge in [-0.25, -0.2) is 4.98 Å². The molecule has 0 unspecified atom stereocenters. The first-order valence-electron chi connectivity index (χ1n) is 6.95. The fourth-order valence-corrected chi connectivity index (χ4v) is 2.73. The molecule has 0 fully saturated rings. The molecule has 0 aliphatic carbocycles. The van der Waals surface area contributed by atoms with Crippen LogP contribution in [0.25, 0.3) is 0 Å². The molecule has 0 amide bonds. The molecule has 1 aromatic heterocycles. The number of nitrogens with zero attached hydrogens (tertiary/aromatic N) is 3. The Labute approximate surface area is 118 Å². The van der Waals surface area contributed by atoms with Crippen molar-refractivity contribution in [3.8, 4) is 0 Å². The molecule has 0 saturated carbocycles. The molecular weight excluding hydrogens is 236 g/mol. The predicted molar refractivity (Wildman–Crippen MR) is 82.5 cm³/mol. The minimum absolute atomic E-state index is 0.126. The minimum Gasteiger partial charge on any atom is -0.348 e. The van der Waals surface area contributed by atoms with Gasteiger partial charge < -0.3 is 14.8 Å². The fourth-order valence-electron chi connectivity index (χ4n) is 2.73. The molecule has 110 valence electrons. The van der Waals surface area contributed by atoms with Crippen LogP contribution in [-0.2, 0) is 13.6 Å². The molecule has 0 aliphatic rings. The van der Waals surface area contributed by atoms with Crippen molar-refractivity contribution in [1.82, 2.24) is 14.9 Å². The zero-order valence-corrected chi connectivity index (χ0v) is 13.8. The van der Waals surface area contributed by atoms with Gasteiger partial charge in [-0.15, -0.1) is 0 Å². The van der Waals surface area contributed by atoms with Gasteiger partial charge in [0.2, 0.25) is 5.95 Å². The molecule has 4 nitrogen and oxygen atoms in total. The van der Waals surface area contributed by atoms with Crippen LogP contribution < -0.4 is 10.2 Å². The first-order chi connectivity index (χ1) is 8.52.